The number of hydrogen-bond acceptors (Lipinski definition) is 4. The second-order valence-corrected chi connectivity index (χ2v) is 8.75. The predicted octanol–water partition coefficient (Wildman–Crippen LogP) is 3.98. The molecule has 1 aromatic rings. The summed E-state index contributed by atoms with van der Waals surface area (Å²) >= 11 is 0. The van der Waals surface area contributed by atoms with E-state index in [0.29, 0.717) is 5.92 Å². The Hall–Kier alpha value is -1.06. The van der Waals surface area contributed by atoms with Gasteiger partial charge in [-0.3, -0.25) is 4.99 Å². The first-order valence-electron chi connectivity index (χ1n) is 11.7. The van der Waals surface area contributed by atoms with E-state index in [1.54, 1.807) is 0 Å². The third kappa shape index (κ3) is 11.4. The number of ether oxygens (including phenoxy) is 1. The van der Waals surface area contributed by atoms with Gasteiger partial charge >= 0.3 is 0 Å². The normalized spacial score (nSPS) is 17.0. The van der Waals surface area contributed by atoms with Gasteiger partial charge in [-0.15, -0.1) is 24.0 Å². The molecule has 1 aromatic carbocycles. The molecule has 1 heterocycles. The molecule has 1 atom stereocenters. The Bertz CT molecular complexity index is 623. The Labute approximate surface area is 207 Å². The van der Waals surface area contributed by atoms with Gasteiger partial charge in [-0.25, -0.2) is 0 Å². The predicted molar refractivity (Wildman–Crippen MR) is 143 cm³/mol. The maximum Gasteiger partial charge on any atom is 0.191 e. The van der Waals surface area contributed by atoms with Gasteiger partial charge in [0.15, 0.2) is 5.96 Å². The summed E-state index contributed by atoms with van der Waals surface area (Å²) in [7, 11) is 2.22. The molecule has 31 heavy (non-hydrogen) atoms. The van der Waals surface area contributed by atoms with Crippen molar-refractivity contribution in [1.82, 2.24) is 20.4 Å². The van der Waals surface area contributed by atoms with E-state index in [2.05, 4.69) is 79.4 Å². The van der Waals surface area contributed by atoms with Crippen molar-refractivity contribution in [3.05, 3.63) is 29.8 Å². The first kappa shape index (κ1) is 28.0. The number of aliphatic imine (C=N–C) groups is 1. The summed E-state index contributed by atoms with van der Waals surface area (Å²) in [6, 6.07) is 8.56. The third-order valence-corrected chi connectivity index (χ3v) is 5.38. The average Bonchev–Trinajstić information content (AvgIpc) is 2.94. The van der Waals surface area contributed by atoms with Crippen LogP contribution in [0, 0.1) is 5.92 Å². The zero-order valence-electron chi connectivity index (χ0n) is 20.2. The molecular weight excluding hydrogens is 501 g/mol. The average molecular weight is 546 g/mol. The van der Waals surface area contributed by atoms with E-state index >= 15 is 0 Å². The quantitative estimate of drug-likeness (QED) is 0.202. The minimum absolute atomic E-state index is 0. The van der Waals surface area contributed by atoms with Crippen molar-refractivity contribution < 1.29 is 4.74 Å². The summed E-state index contributed by atoms with van der Waals surface area (Å²) < 4.78 is 5.79. The minimum atomic E-state index is 0. The van der Waals surface area contributed by atoms with Crippen molar-refractivity contribution in [3.8, 4) is 5.75 Å². The topological polar surface area (TPSA) is 52.1 Å². The molecule has 0 saturated carbocycles. The second-order valence-electron chi connectivity index (χ2n) is 8.75. The van der Waals surface area contributed by atoms with E-state index in [1.807, 2.05) is 0 Å². The second kappa shape index (κ2) is 15.7. The Kier molecular flexibility index (Phi) is 14.2. The van der Waals surface area contributed by atoms with E-state index < -0.39 is 0 Å². The van der Waals surface area contributed by atoms with Crippen LogP contribution in [-0.4, -0.2) is 75.2 Å². The fourth-order valence-corrected chi connectivity index (χ4v) is 3.53. The van der Waals surface area contributed by atoms with Crippen molar-refractivity contribution in [2.75, 3.05) is 59.5 Å². The van der Waals surface area contributed by atoms with Crippen molar-refractivity contribution in [3.63, 3.8) is 0 Å². The summed E-state index contributed by atoms with van der Waals surface area (Å²) in [5.41, 5.74) is 1.23. The summed E-state index contributed by atoms with van der Waals surface area (Å²) in [5.74, 6) is 2.35. The highest BCUT2D eigenvalue weighted by molar-refractivity contribution is 14.0. The molecule has 0 radical (unpaired) electrons. The van der Waals surface area contributed by atoms with Gasteiger partial charge in [0.05, 0.1) is 12.6 Å². The van der Waals surface area contributed by atoms with Crippen LogP contribution in [0.4, 0.5) is 0 Å². The van der Waals surface area contributed by atoms with Crippen LogP contribution in [0.2, 0.25) is 0 Å². The van der Waals surface area contributed by atoms with Crippen molar-refractivity contribution in [2.45, 2.75) is 46.6 Å². The molecule has 0 spiro atoms. The number of halogens is 1. The van der Waals surface area contributed by atoms with E-state index in [9.17, 15) is 0 Å². The largest absolute Gasteiger partial charge is 0.493 e. The lowest BCUT2D eigenvalue weighted by Gasteiger charge is -2.20. The lowest BCUT2D eigenvalue weighted by atomic mass is 10.1. The molecule has 0 amide bonds. The van der Waals surface area contributed by atoms with E-state index in [4.69, 9.17) is 9.73 Å². The number of nitrogens with one attached hydrogen (secondary N) is 2. The molecule has 0 aliphatic carbocycles. The minimum Gasteiger partial charge on any atom is -0.493 e. The van der Waals surface area contributed by atoms with Gasteiger partial charge in [-0.05, 0) is 77.0 Å². The van der Waals surface area contributed by atoms with Crippen molar-refractivity contribution in [1.29, 1.82) is 0 Å². The summed E-state index contributed by atoms with van der Waals surface area (Å²) in [5, 5.41) is 6.91. The molecular formula is C24H44IN5O. The lowest BCUT2D eigenvalue weighted by Crippen LogP contribution is -2.39. The molecule has 0 aromatic heterocycles. The molecule has 0 bridgehead atoms. The first-order chi connectivity index (χ1) is 14.5. The molecule has 1 aliphatic heterocycles. The van der Waals surface area contributed by atoms with Gasteiger partial charge in [0.2, 0.25) is 0 Å². The van der Waals surface area contributed by atoms with Crippen molar-refractivity contribution in [2.24, 2.45) is 10.9 Å². The number of benzene rings is 1. The smallest absolute Gasteiger partial charge is 0.191 e. The van der Waals surface area contributed by atoms with Crippen LogP contribution in [0.3, 0.4) is 0 Å². The highest BCUT2D eigenvalue weighted by Crippen LogP contribution is 2.18. The van der Waals surface area contributed by atoms with Crippen LogP contribution in [-0.2, 0) is 0 Å². The van der Waals surface area contributed by atoms with E-state index in [-0.39, 0.29) is 30.0 Å². The lowest BCUT2D eigenvalue weighted by molar-refractivity contribution is 0.271. The Morgan fingerprint density at radius 2 is 1.84 bits per heavy atom. The van der Waals surface area contributed by atoms with Gasteiger partial charge in [0.25, 0.3) is 0 Å². The summed E-state index contributed by atoms with van der Waals surface area (Å²) in [6.45, 7) is 17.0. The third-order valence-electron chi connectivity index (χ3n) is 5.38. The molecule has 2 N–H and O–H groups in total. The van der Waals surface area contributed by atoms with Crippen LogP contribution in [0.5, 0.6) is 5.75 Å². The van der Waals surface area contributed by atoms with Crippen molar-refractivity contribution >= 4 is 29.9 Å². The molecule has 7 heteroatoms. The fraction of sp³-hybridized carbons (Fsp3) is 0.708. The number of rotatable bonds is 10. The summed E-state index contributed by atoms with van der Waals surface area (Å²) in [4.78, 5) is 9.80. The number of likely N-dealkylation sites (N-methyl/N-ethyl adjacent to an activating group) is 1. The SMILES string of the molecule is CCNC(=NCCCN1CCCN(C)CC1)NC(C)c1ccc(OCC(C)C)cc1.I. The van der Waals surface area contributed by atoms with Gasteiger partial charge in [0, 0.05) is 26.2 Å². The van der Waals surface area contributed by atoms with E-state index in [0.717, 1.165) is 44.4 Å². The number of guanidine groups is 1. The zero-order valence-corrected chi connectivity index (χ0v) is 22.5. The van der Waals surface area contributed by atoms with Gasteiger partial charge in [-0.1, -0.05) is 26.0 Å². The van der Waals surface area contributed by atoms with Crippen LogP contribution < -0.4 is 15.4 Å². The number of hydrogen-bond donors (Lipinski definition) is 2. The Balaban J connectivity index is 0.00000480. The first-order valence-corrected chi connectivity index (χ1v) is 11.7. The molecule has 2 rings (SSSR count). The van der Waals surface area contributed by atoms with Crippen LogP contribution >= 0.6 is 24.0 Å². The fourth-order valence-electron chi connectivity index (χ4n) is 3.53. The maximum atomic E-state index is 5.79. The number of nitrogens with zero attached hydrogens (tertiary/aromatic N) is 3. The zero-order chi connectivity index (χ0) is 21.8. The van der Waals surface area contributed by atoms with Crippen LogP contribution in [0.15, 0.2) is 29.3 Å². The molecule has 6 nitrogen and oxygen atoms in total. The molecule has 1 unspecified atom stereocenters. The highest BCUT2D eigenvalue weighted by atomic mass is 127. The Morgan fingerprint density at radius 3 is 2.52 bits per heavy atom. The molecule has 1 aliphatic rings. The standard InChI is InChI=1S/C24H43N5O.HI/c1-6-25-24(26-13-7-15-29-16-8-14-28(5)17-18-29)27-21(4)22-9-11-23(12-10-22)30-19-20(2)3;/h9-12,20-21H,6-8,13-19H2,1-5H3,(H2,25,26,27);1H. The van der Waals surface area contributed by atoms with Gasteiger partial charge in [-0.2, -0.15) is 0 Å². The van der Waals surface area contributed by atoms with Crippen LogP contribution in [0.25, 0.3) is 0 Å². The van der Waals surface area contributed by atoms with Crippen LogP contribution in [0.1, 0.15) is 52.1 Å². The van der Waals surface area contributed by atoms with E-state index in [1.165, 1.54) is 38.2 Å². The molecule has 1 fully saturated rings. The molecule has 178 valence electrons. The summed E-state index contributed by atoms with van der Waals surface area (Å²) in [6.07, 6.45) is 2.36. The van der Waals surface area contributed by atoms with Gasteiger partial charge in [0.1, 0.15) is 5.75 Å². The highest BCUT2D eigenvalue weighted by Gasteiger charge is 2.12. The maximum absolute atomic E-state index is 5.79. The molecule has 1 saturated heterocycles. The monoisotopic (exact) mass is 545 g/mol. The Morgan fingerprint density at radius 1 is 1.10 bits per heavy atom. The van der Waals surface area contributed by atoms with Gasteiger partial charge < -0.3 is 25.2 Å².